The molecule has 0 saturated heterocycles. The molecular formula is C14H27NO5S. The molecule has 21 heavy (non-hydrogen) atoms. The van der Waals surface area contributed by atoms with Gasteiger partial charge in [-0.05, 0) is 0 Å². The Bertz CT molecular complexity index is 268. The molecule has 0 bridgehead atoms. The second-order valence-corrected chi connectivity index (χ2v) is 5.97. The highest BCUT2D eigenvalue weighted by molar-refractivity contribution is 7.99. The fourth-order valence-electron chi connectivity index (χ4n) is 1.64. The molecule has 6 nitrogen and oxygen atoms in total. The third kappa shape index (κ3) is 12.9. The molecule has 0 heterocycles. The van der Waals surface area contributed by atoms with Gasteiger partial charge in [-0.25, -0.2) is 0 Å². The van der Waals surface area contributed by atoms with Gasteiger partial charge in [-0.3, -0.25) is 0 Å². The van der Waals surface area contributed by atoms with Crippen LogP contribution in [0.2, 0.25) is 0 Å². The summed E-state index contributed by atoms with van der Waals surface area (Å²) >= 11 is 1.71. The average molecular weight is 321 g/mol. The van der Waals surface area contributed by atoms with Crippen molar-refractivity contribution in [1.29, 1.82) is 0 Å². The number of thioether (sulfide) groups is 1. The lowest BCUT2D eigenvalue weighted by Gasteiger charge is -2.22. The quantitative estimate of drug-likeness (QED) is 0.252. The molecule has 0 aliphatic carbocycles. The van der Waals surface area contributed by atoms with E-state index in [0.717, 1.165) is 30.6 Å². The molecule has 0 aliphatic heterocycles. The van der Waals surface area contributed by atoms with E-state index in [2.05, 4.69) is 4.90 Å². The van der Waals surface area contributed by atoms with E-state index in [9.17, 15) is 14.7 Å². The highest BCUT2D eigenvalue weighted by Gasteiger charge is 2.10. The van der Waals surface area contributed by atoms with Crippen LogP contribution < -0.4 is 0 Å². The molecule has 0 aliphatic rings. The summed E-state index contributed by atoms with van der Waals surface area (Å²) in [5.41, 5.74) is 0. The molecule has 2 unspecified atom stereocenters. The first kappa shape index (κ1) is 20.5. The fourth-order valence-corrected chi connectivity index (χ4v) is 2.64. The zero-order valence-corrected chi connectivity index (χ0v) is 13.5. The molecule has 0 aromatic rings. The van der Waals surface area contributed by atoms with Crippen molar-refractivity contribution < 1.29 is 24.5 Å². The van der Waals surface area contributed by atoms with Crippen molar-refractivity contribution in [2.45, 2.75) is 26.1 Å². The third-order valence-corrected chi connectivity index (χ3v) is 4.05. The normalized spacial score (nSPS) is 14.1. The summed E-state index contributed by atoms with van der Waals surface area (Å²) in [5, 5.41) is 18.2. The Labute approximate surface area is 130 Å². The number of aliphatic hydroxyl groups is 2. The van der Waals surface area contributed by atoms with E-state index in [0.29, 0.717) is 25.9 Å². The molecule has 0 aromatic carbocycles. The number of hydrogen-bond donors (Lipinski definition) is 2. The minimum atomic E-state index is -0.890. The SMILES string of the molecule is CC(C=O)CSCCN(CCC=O)CCC(O)OCCO. The van der Waals surface area contributed by atoms with Gasteiger partial charge in [0.05, 0.1) is 13.2 Å². The molecule has 2 N–H and O–H groups in total. The minimum Gasteiger partial charge on any atom is -0.394 e. The van der Waals surface area contributed by atoms with Crippen molar-refractivity contribution in [2.24, 2.45) is 5.92 Å². The lowest BCUT2D eigenvalue weighted by atomic mass is 10.3. The highest BCUT2D eigenvalue weighted by atomic mass is 32.2. The first-order valence-corrected chi connectivity index (χ1v) is 8.39. The molecule has 0 spiro atoms. The van der Waals surface area contributed by atoms with E-state index in [1.54, 1.807) is 11.8 Å². The number of aldehydes is 2. The van der Waals surface area contributed by atoms with Crippen LogP contribution in [0.5, 0.6) is 0 Å². The predicted molar refractivity (Wildman–Crippen MR) is 83.3 cm³/mol. The van der Waals surface area contributed by atoms with Gasteiger partial charge in [0, 0.05) is 49.9 Å². The summed E-state index contributed by atoms with van der Waals surface area (Å²) in [5.74, 6) is 1.74. The Hall–Kier alpha value is -0.470. The number of aliphatic hydroxyl groups excluding tert-OH is 2. The van der Waals surface area contributed by atoms with Crippen LogP contribution in [0.15, 0.2) is 0 Å². The smallest absolute Gasteiger partial charge is 0.155 e. The maximum atomic E-state index is 10.5. The van der Waals surface area contributed by atoms with Gasteiger partial charge in [0.2, 0.25) is 0 Å². The molecule has 0 radical (unpaired) electrons. The van der Waals surface area contributed by atoms with Gasteiger partial charge in [0.1, 0.15) is 12.6 Å². The zero-order valence-electron chi connectivity index (χ0n) is 12.6. The lowest BCUT2D eigenvalue weighted by Crippen LogP contribution is -2.31. The molecule has 0 amide bonds. The van der Waals surface area contributed by atoms with Crippen LogP contribution in [0.3, 0.4) is 0 Å². The van der Waals surface area contributed by atoms with Crippen LogP contribution in [0, 0.1) is 5.92 Å². The Morgan fingerprint density at radius 2 is 2.05 bits per heavy atom. The van der Waals surface area contributed by atoms with E-state index in [1.165, 1.54) is 0 Å². The second kappa shape index (κ2) is 14.5. The number of carbonyl (C=O) groups excluding carboxylic acids is 2. The molecule has 2 atom stereocenters. The van der Waals surface area contributed by atoms with Gasteiger partial charge in [-0.15, -0.1) is 0 Å². The monoisotopic (exact) mass is 321 g/mol. The number of nitrogens with zero attached hydrogens (tertiary/aromatic N) is 1. The van der Waals surface area contributed by atoms with E-state index >= 15 is 0 Å². The zero-order chi connectivity index (χ0) is 15.9. The van der Waals surface area contributed by atoms with Crippen molar-refractivity contribution >= 4 is 24.3 Å². The topological polar surface area (TPSA) is 87.1 Å². The number of hydrogen-bond acceptors (Lipinski definition) is 7. The summed E-state index contributed by atoms with van der Waals surface area (Å²) in [7, 11) is 0. The van der Waals surface area contributed by atoms with Gasteiger partial charge >= 0.3 is 0 Å². The largest absolute Gasteiger partial charge is 0.394 e. The van der Waals surface area contributed by atoms with Crippen LogP contribution in [0.25, 0.3) is 0 Å². The Kier molecular flexibility index (Phi) is 14.1. The van der Waals surface area contributed by atoms with Crippen molar-refractivity contribution in [2.75, 3.05) is 44.4 Å². The van der Waals surface area contributed by atoms with Gasteiger partial charge in [-0.1, -0.05) is 6.92 Å². The molecule has 0 aromatic heterocycles. The summed E-state index contributed by atoms with van der Waals surface area (Å²) in [6.07, 6.45) is 1.84. The van der Waals surface area contributed by atoms with Gasteiger partial charge in [0.15, 0.2) is 6.29 Å². The van der Waals surface area contributed by atoms with Gasteiger partial charge < -0.3 is 29.4 Å². The Morgan fingerprint density at radius 1 is 1.29 bits per heavy atom. The van der Waals surface area contributed by atoms with E-state index in [1.807, 2.05) is 6.92 Å². The molecule has 0 saturated carbocycles. The van der Waals surface area contributed by atoms with Crippen LogP contribution in [-0.4, -0.2) is 78.3 Å². The van der Waals surface area contributed by atoms with Crippen LogP contribution >= 0.6 is 11.8 Å². The summed E-state index contributed by atoms with van der Waals surface area (Å²) in [6, 6.07) is 0. The van der Waals surface area contributed by atoms with Crippen molar-refractivity contribution in [3.05, 3.63) is 0 Å². The second-order valence-electron chi connectivity index (χ2n) is 4.82. The minimum absolute atomic E-state index is 0.0622. The predicted octanol–water partition coefficient (Wildman–Crippen LogP) is 0.163. The van der Waals surface area contributed by atoms with Crippen molar-refractivity contribution in [3.63, 3.8) is 0 Å². The summed E-state index contributed by atoms with van der Waals surface area (Å²) < 4.78 is 4.98. The van der Waals surface area contributed by atoms with Crippen molar-refractivity contribution in [3.8, 4) is 0 Å². The van der Waals surface area contributed by atoms with Gasteiger partial charge in [0.25, 0.3) is 0 Å². The summed E-state index contributed by atoms with van der Waals surface area (Å²) in [4.78, 5) is 23.1. The number of carbonyl (C=O) groups is 2. The maximum Gasteiger partial charge on any atom is 0.155 e. The lowest BCUT2D eigenvalue weighted by molar-refractivity contribution is -0.113. The van der Waals surface area contributed by atoms with E-state index < -0.39 is 6.29 Å². The number of rotatable bonds is 15. The van der Waals surface area contributed by atoms with Gasteiger partial charge in [-0.2, -0.15) is 11.8 Å². The standard InChI is InChI=1S/C14H27NO5S/c1-13(11-18)12-21-10-6-15(4-2-7-16)5-3-14(19)20-9-8-17/h7,11,13-14,17,19H,2-6,8-10,12H2,1H3. The fraction of sp³-hybridized carbons (Fsp3) is 0.857. The Balaban J connectivity index is 3.90. The Morgan fingerprint density at radius 3 is 2.67 bits per heavy atom. The summed E-state index contributed by atoms with van der Waals surface area (Å²) in [6.45, 7) is 3.98. The molecule has 7 heteroatoms. The van der Waals surface area contributed by atoms with Crippen LogP contribution in [0.4, 0.5) is 0 Å². The van der Waals surface area contributed by atoms with Crippen molar-refractivity contribution in [1.82, 2.24) is 4.90 Å². The molecule has 0 fully saturated rings. The average Bonchev–Trinajstić information content (AvgIpc) is 2.50. The van der Waals surface area contributed by atoms with Crippen LogP contribution in [0.1, 0.15) is 19.8 Å². The van der Waals surface area contributed by atoms with E-state index in [-0.39, 0.29) is 19.1 Å². The molecule has 0 rings (SSSR count). The first-order valence-electron chi connectivity index (χ1n) is 7.23. The third-order valence-electron chi connectivity index (χ3n) is 2.82. The van der Waals surface area contributed by atoms with E-state index in [4.69, 9.17) is 9.84 Å². The maximum absolute atomic E-state index is 10.5. The van der Waals surface area contributed by atoms with Crippen LogP contribution in [-0.2, 0) is 14.3 Å². The first-order chi connectivity index (χ1) is 10.1. The number of ether oxygens (including phenoxy) is 1. The highest BCUT2D eigenvalue weighted by Crippen LogP contribution is 2.08. The molecule has 124 valence electrons. The molecular weight excluding hydrogens is 294 g/mol.